The van der Waals surface area contributed by atoms with Crippen LogP contribution < -0.4 is 5.32 Å². The van der Waals surface area contributed by atoms with Gasteiger partial charge in [0, 0.05) is 13.7 Å². The van der Waals surface area contributed by atoms with Gasteiger partial charge in [0.1, 0.15) is 0 Å². The van der Waals surface area contributed by atoms with Gasteiger partial charge in [0.25, 0.3) is 0 Å². The highest BCUT2D eigenvalue weighted by molar-refractivity contribution is 4.63. The second-order valence-electron chi connectivity index (χ2n) is 4.82. The van der Waals surface area contributed by atoms with Crippen LogP contribution in [0.4, 0.5) is 0 Å². The molecule has 15 heavy (non-hydrogen) atoms. The van der Waals surface area contributed by atoms with Gasteiger partial charge in [0.2, 0.25) is 0 Å². The molecule has 0 aromatic carbocycles. The summed E-state index contributed by atoms with van der Waals surface area (Å²) in [5.74, 6) is 1.69. The number of rotatable bonds is 10. The van der Waals surface area contributed by atoms with Gasteiger partial charge in [0.15, 0.2) is 0 Å². The molecule has 2 heteroatoms. The minimum absolute atomic E-state index is 0.822. The van der Waals surface area contributed by atoms with E-state index in [4.69, 9.17) is 4.74 Å². The summed E-state index contributed by atoms with van der Waals surface area (Å²) in [5.41, 5.74) is 0. The van der Waals surface area contributed by atoms with E-state index in [2.05, 4.69) is 26.1 Å². The Morgan fingerprint density at radius 1 is 1.13 bits per heavy atom. The van der Waals surface area contributed by atoms with Gasteiger partial charge in [-0.1, -0.05) is 33.6 Å². The van der Waals surface area contributed by atoms with Crippen LogP contribution in [0, 0.1) is 11.8 Å². The molecule has 1 unspecified atom stereocenters. The lowest BCUT2D eigenvalue weighted by Crippen LogP contribution is -2.26. The van der Waals surface area contributed by atoms with Crippen molar-refractivity contribution in [2.45, 2.75) is 46.5 Å². The van der Waals surface area contributed by atoms with E-state index in [-0.39, 0.29) is 0 Å². The zero-order valence-corrected chi connectivity index (χ0v) is 11.0. The lowest BCUT2D eigenvalue weighted by Gasteiger charge is -2.17. The summed E-state index contributed by atoms with van der Waals surface area (Å²) in [6.45, 7) is 9.85. The Hall–Kier alpha value is -0.0800. The second-order valence-corrected chi connectivity index (χ2v) is 4.82. The average molecular weight is 215 g/mol. The van der Waals surface area contributed by atoms with E-state index in [0.717, 1.165) is 31.5 Å². The average Bonchev–Trinajstić information content (AvgIpc) is 2.20. The monoisotopic (exact) mass is 215 g/mol. The molecule has 2 nitrogen and oxygen atoms in total. The number of ether oxygens (including phenoxy) is 1. The van der Waals surface area contributed by atoms with Crippen LogP contribution in [0.15, 0.2) is 0 Å². The number of hydrogen-bond acceptors (Lipinski definition) is 2. The molecule has 0 aliphatic heterocycles. The summed E-state index contributed by atoms with van der Waals surface area (Å²) >= 11 is 0. The van der Waals surface area contributed by atoms with Gasteiger partial charge in [0.05, 0.1) is 6.61 Å². The largest absolute Gasteiger partial charge is 0.383 e. The van der Waals surface area contributed by atoms with Crippen molar-refractivity contribution in [3.05, 3.63) is 0 Å². The fourth-order valence-electron chi connectivity index (χ4n) is 1.81. The van der Waals surface area contributed by atoms with Crippen LogP contribution in [0.1, 0.15) is 46.5 Å². The molecule has 92 valence electrons. The van der Waals surface area contributed by atoms with Crippen LogP contribution in [-0.4, -0.2) is 26.8 Å². The zero-order valence-electron chi connectivity index (χ0n) is 11.0. The third-order valence-electron chi connectivity index (χ3n) is 2.77. The van der Waals surface area contributed by atoms with Crippen LogP contribution in [-0.2, 0) is 4.74 Å². The summed E-state index contributed by atoms with van der Waals surface area (Å²) in [5, 5.41) is 3.47. The fourth-order valence-corrected chi connectivity index (χ4v) is 1.81. The van der Waals surface area contributed by atoms with Gasteiger partial charge in [-0.3, -0.25) is 0 Å². The lowest BCUT2D eigenvalue weighted by atomic mass is 9.94. The minimum atomic E-state index is 0.822. The highest BCUT2D eigenvalue weighted by Gasteiger charge is 2.08. The fraction of sp³-hybridized carbons (Fsp3) is 1.00. The standard InChI is InChI=1S/C13H29NO/c1-5-6-13(8-7-12(2)3)11-14-9-10-15-4/h12-14H,5-11H2,1-4H3. The maximum absolute atomic E-state index is 5.02. The number of nitrogens with one attached hydrogen (secondary N) is 1. The Bertz CT molecular complexity index is 126. The smallest absolute Gasteiger partial charge is 0.0587 e. The molecule has 0 fully saturated rings. The van der Waals surface area contributed by atoms with E-state index in [0.29, 0.717) is 0 Å². The third-order valence-corrected chi connectivity index (χ3v) is 2.77. The summed E-state index contributed by atoms with van der Waals surface area (Å²) < 4.78 is 5.02. The predicted octanol–water partition coefficient (Wildman–Crippen LogP) is 3.07. The predicted molar refractivity (Wildman–Crippen MR) is 67.2 cm³/mol. The van der Waals surface area contributed by atoms with Crippen molar-refractivity contribution < 1.29 is 4.74 Å². The molecule has 0 aromatic rings. The summed E-state index contributed by atoms with van der Waals surface area (Å²) in [4.78, 5) is 0. The van der Waals surface area contributed by atoms with Crippen molar-refractivity contribution in [3.8, 4) is 0 Å². The van der Waals surface area contributed by atoms with E-state index in [1.165, 1.54) is 25.7 Å². The van der Waals surface area contributed by atoms with Gasteiger partial charge in [-0.15, -0.1) is 0 Å². The highest BCUT2D eigenvalue weighted by atomic mass is 16.5. The molecule has 0 saturated heterocycles. The van der Waals surface area contributed by atoms with Crippen molar-refractivity contribution in [2.75, 3.05) is 26.8 Å². The molecule has 1 N–H and O–H groups in total. The Morgan fingerprint density at radius 3 is 2.40 bits per heavy atom. The Balaban J connectivity index is 3.53. The highest BCUT2D eigenvalue weighted by Crippen LogP contribution is 2.16. The molecule has 0 radical (unpaired) electrons. The topological polar surface area (TPSA) is 21.3 Å². The molecular formula is C13H29NO. The Kier molecular flexibility index (Phi) is 10.4. The maximum atomic E-state index is 5.02. The molecule has 0 spiro atoms. The first-order valence-corrected chi connectivity index (χ1v) is 6.40. The minimum Gasteiger partial charge on any atom is -0.383 e. The van der Waals surface area contributed by atoms with E-state index in [9.17, 15) is 0 Å². The lowest BCUT2D eigenvalue weighted by molar-refractivity contribution is 0.197. The van der Waals surface area contributed by atoms with Crippen molar-refractivity contribution in [3.63, 3.8) is 0 Å². The molecular weight excluding hydrogens is 186 g/mol. The molecule has 0 amide bonds. The third kappa shape index (κ3) is 10.2. The molecule has 0 bridgehead atoms. The van der Waals surface area contributed by atoms with Gasteiger partial charge < -0.3 is 10.1 Å². The van der Waals surface area contributed by atoms with Crippen molar-refractivity contribution >= 4 is 0 Å². The van der Waals surface area contributed by atoms with Crippen molar-refractivity contribution in [2.24, 2.45) is 11.8 Å². The van der Waals surface area contributed by atoms with Crippen LogP contribution in [0.25, 0.3) is 0 Å². The first-order valence-electron chi connectivity index (χ1n) is 6.40. The van der Waals surface area contributed by atoms with Crippen molar-refractivity contribution in [1.29, 1.82) is 0 Å². The summed E-state index contributed by atoms with van der Waals surface area (Å²) in [6.07, 6.45) is 5.38. The Morgan fingerprint density at radius 2 is 1.87 bits per heavy atom. The van der Waals surface area contributed by atoms with E-state index in [1.54, 1.807) is 7.11 Å². The summed E-state index contributed by atoms with van der Waals surface area (Å²) in [7, 11) is 1.75. The second kappa shape index (κ2) is 10.4. The zero-order chi connectivity index (χ0) is 11.5. The van der Waals surface area contributed by atoms with Crippen molar-refractivity contribution in [1.82, 2.24) is 5.32 Å². The maximum Gasteiger partial charge on any atom is 0.0587 e. The van der Waals surface area contributed by atoms with E-state index >= 15 is 0 Å². The first-order chi connectivity index (χ1) is 7.20. The normalized spacial score (nSPS) is 13.4. The van der Waals surface area contributed by atoms with Crippen LogP contribution >= 0.6 is 0 Å². The van der Waals surface area contributed by atoms with Gasteiger partial charge in [-0.25, -0.2) is 0 Å². The van der Waals surface area contributed by atoms with Crippen LogP contribution in [0.5, 0.6) is 0 Å². The van der Waals surface area contributed by atoms with E-state index < -0.39 is 0 Å². The molecule has 1 atom stereocenters. The molecule has 0 aliphatic carbocycles. The number of methoxy groups -OCH3 is 1. The van der Waals surface area contributed by atoms with Crippen LogP contribution in [0.3, 0.4) is 0 Å². The van der Waals surface area contributed by atoms with Gasteiger partial charge >= 0.3 is 0 Å². The summed E-state index contributed by atoms with van der Waals surface area (Å²) in [6, 6.07) is 0. The number of hydrogen-bond donors (Lipinski definition) is 1. The molecule has 0 heterocycles. The molecule has 0 saturated carbocycles. The molecule has 0 aliphatic rings. The SMILES string of the molecule is CCCC(CCC(C)C)CNCCOC. The van der Waals surface area contributed by atoms with Crippen LogP contribution in [0.2, 0.25) is 0 Å². The quantitative estimate of drug-likeness (QED) is 0.565. The van der Waals surface area contributed by atoms with Gasteiger partial charge in [-0.2, -0.15) is 0 Å². The molecule has 0 rings (SSSR count). The first kappa shape index (κ1) is 14.9. The Labute approximate surface area is 95.8 Å². The van der Waals surface area contributed by atoms with Gasteiger partial charge in [-0.05, 0) is 31.2 Å². The molecule has 0 aromatic heterocycles. The van der Waals surface area contributed by atoms with E-state index in [1.807, 2.05) is 0 Å².